The van der Waals surface area contributed by atoms with Crippen molar-refractivity contribution in [3.05, 3.63) is 130 Å². The molecule has 1 N–H and O–H groups in total. The van der Waals surface area contributed by atoms with Crippen LogP contribution in [0.3, 0.4) is 0 Å². The van der Waals surface area contributed by atoms with Gasteiger partial charge in [0.1, 0.15) is 12.6 Å². The summed E-state index contributed by atoms with van der Waals surface area (Å²) < 4.78 is 29.1. The van der Waals surface area contributed by atoms with Crippen molar-refractivity contribution in [3.8, 4) is 0 Å². The molecule has 0 aromatic heterocycles. The van der Waals surface area contributed by atoms with Gasteiger partial charge in [-0.25, -0.2) is 8.42 Å². The van der Waals surface area contributed by atoms with Gasteiger partial charge in [-0.3, -0.25) is 13.9 Å². The van der Waals surface area contributed by atoms with E-state index in [-0.39, 0.29) is 23.8 Å². The molecule has 4 rings (SSSR count). The number of hydrogen-bond donors (Lipinski definition) is 1. The summed E-state index contributed by atoms with van der Waals surface area (Å²) >= 11 is 12.3. The molecule has 4 aromatic carbocycles. The van der Waals surface area contributed by atoms with Crippen molar-refractivity contribution in [2.45, 2.75) is 50.2 Å². The van der Waals surface area contributed by atoms with Crippen molar-refractivity contribution in [2.75, 3.05) is 10.8 Å². The van der Waals surface area contributed by atoms with Crippen molar-refractivity contribution in [3.63, 3.8) is 0 Å². The van der Waals surface area contributed by atoms with Gasteiger partial charge in [-0.05, 0) is 80.4 Å². The normalized spacial score (nSPS) is 12.3. The maximum atomic E-state index is 14.4. The van der Waals surface area contributed by atoms with Crippen LogP contribution in [-0.2, 0) is 32.6 Å². The molecule has 44 heavy (non-hydrogen) atoms. The molecule has 0 aliphatic heterocycles. The number of nitrogens with zero attached hydrogens (tertiary/aromatic N) is 2. The minimum atomic E-state index is -4.21. The molecule has 10 heteroatoms. The van der Waals surface area contributed by atoms with E-state index in [0.717, 1.165) is 9.87 Å². The molecule has 0 saturated carbocycles. The lowest BCUT2D eigenvalue weighted by Gasteiger charge is -2.35. The lowest BCUT2D eigenvalue weighted by atomic mass is 10.0. The van der Waals surface area contributed by atoms with E-state index in [1.807, 2.05) is 57.2 Å². The van der Waals surface area contributed by atoms with Gasteiger partial charge >= 0.3 is 0 Å². The van der Waals surface area contributed by atoms with Gasteiger partial charge in [-0.1, -0.05) is 83.9 Å². The Hall–Kier alpha value is -3.85. The van der Waals surface area contributed by atoms with Crippen LogP contribution in [0.1, 0.15) is 31.9 Å². The molecule has 0 spiro atoms. The van der Waals surface area contributed by atoms with Crippen LogP contribution in [-0.4, -0.2) is 43.3 Å². The first-order chi connectivity index (χ1) is 20.8. The summed E-state index contributed by atoms with van der Waals surface area (Å²) in [6, 6.07) is 29.6. The van der Waals surface area contributed by atoms with Gasteiger partial charge < -0.3 is 10.2 Å². The fourth-order valence-corrected chi connectivity index (χ4v) is 6.45. The summed E-state index contributed by atoms with van der Waals surface area (Å²) in [6.07, 6.45) is 0.213. The number of benzene rings is 4. The number of para-hydroxylation sites is 1. The zero-order valence-corrected chi connectivity index (χ0v) is 27.1. The minimum absolute atomic E-state index is 0.0220. The van der Waals surface area contributed by atoms with Gasteiger partial charge in [0.05, 0.1) is 10.6 Å². The lowest BCUT2D eigenvalue weighted by Crippen LogP contribution is -2.56. The Bertz CT molecular complexity index is 1680. The second kappa shape index (κ2) is 14.3. The first kappa shape index (κ1) is 33.1. The lowest BCUT2D eigenvalue weighted by molar-refractivity contribution is -0.140. The summed E-state index contributed by atoms with van der Waals surface area (Å²) in [7, 11) is -4.21. The number of rotatable bonds is 11. The topological polar surface area (TPSA) is 86.8 Å². The molecule has 1 atom stereocenters. The van der Waals surface area contributed by atoms with Crippen LogP contribution in [0.4, 0.5) is 5.69 Å². The zero-order chi connectivity index (χ0) is 31.9. The highest BCUT2D eigenvalue weighted by Gasteiger charge is 2.35. The Morgan fingerprint density at radius 2 is 1.36 bits per heavy atom. The molecule has 0 aliphatic carbocycles. The standard InChI is InChI=1S/C34H35Cl2N3O4S/c1-34(2,3)37-33(41)31(22-25-11-6-4-7-12-25)38(23-26-13-10-14-28(36)21-26)32(40)24-39(29-15-8-5-9-16-29)44(42,43)30-19-17-27(35)18-20-30/h4-21,31H,22-24H2,1-3H3,(H,37,41). The van der Waals surface area contributed by atoms with Crippen molar-refractivity contribution < 1.29 is 18.0 Å². The number of anilines is 1. The second-order valence-electron chi connectivity index (χ2n) is 11.4. The Morgan fingerprint density at radius 3 is 1.95 bits per heavy atom. The van der Waals surface area contributed by atoms with Gasteiger partial charge in [0, 0.05) is 28.5 Å². The molecule has 7 nitrogen and oxygen atoms in total. The molecular formula is C34H35Cl2N3O4S. The van der Waals surface area contributed by atoms with E-state index in [4.69, 9.17) is 23.2 Å². The molecule has 0 heterocycles. The first-order valence-electron chi connectivity index (χ1n) is 14.1. The van der Waals surface area contributed by atoms with E-state index in [1.165, 1.54) is 29.2 Å². The number of sulfonamides is 1. The average molecular weight is 653 g/mol. The SMILES string of the molecule is CC(C)(C)NC(=O)C(Cc1ccccc1)N(Cc1cccc(Cl)c1)C(=O)CN(c1ccccc1)S(=O)(=O)c1ccc(Cl)cc1. The Labute approximate surface area is 269 Å². The van der Waals surface area contributed by atoms with Crippen LogP contribution < -0.4 is 9.62 Å². The number of carbonyl (C=O) groups is 2. The van der Waals surface area contributed by atoms with Crippen LogP contribution in [0.25, 0.3) is 0 Å². The summed E-state index contributed by atoms with van der Waals surface area (Å²) in [4.78, 5) is 29.7. The highest BCUT2D eigenvalue weighted by atomic mass is 35.5. The van der Waals surface area contributed by atoms with Gasteiger partial charge in [0.15, 0.2) is 0 Å². The highest BCUT2D eigenvalue weighted by molar-refractivity contribution is 7.92. The first-order valence-corrected chi connectivity index (χ1v) is 16.3. The van der Waals surface area contributed by atoms with Crippen molar-refractivity contribution in [1.29, 1.82) is 0 Å². The molecule has 2 amide bonds. The Balaban J connectivity index is 1.80. The number of hydrogen-bond acceptors (Lipinski definition) is 4. The molecule has 0 bridgehead atoms. The third-order valence-electron chi connectivity index (χ3n) is 6.74. The van der Waals surface area contributed by atoms with Crippen molar-refractivity contribution in [2.24, 2.45) is 0 Å². The van der Waals surface area contributed by atoms with Crippen LogP contribution in [0, 0.1) is 0 Å². The molecule has 0 radical (unpaired) electrons. The monoisotopic (exact) mass is 651 g/mol. The maximum Gasteiger partial charge on any atom is 0.264 e. The molecule has 230 valence electrons. The minimum Gasteiger partial charge on any atom is -0.350 e. The predicted octanol–water partition coefficient (Wildman–Crippen LogP) is 6.74. The van der Waals surface area contributed by atoms with Gasteiger partial charge in [-0.15, -0.1) is 0 Å². The number of nitrogens with one attached hydrogen (secondary N) is 1. The van der Waals surface area contributed by atoms with E-state index in [9.17, 15) is 18.0 Å². The fourth-order valence-electron chi connectivity index (χ4n) is 4.70. The molecule has 1 unspecified atom stereocenters. The third-order valence-corrected chi connectivity index (χ3v) is 9.01. The smallest absolute Gasteiger partial charge is 0.264 e. The summed E-state index contributed by atoms with van der Waals surface area (Å²) in [6.45, 7) is 5.07. The fraction of sp³-hybridized carbons (Fsp3) is 0.235. The van der Waals surface area contributed by atoms with Crippen LogP contribution in [0.15, 0.2) is 114 Å². The third kappa shape index (κ3) is 8.85. The largest absolute Gasteiger partial charge is 0.350 e. The number of halogens is 2. The molecule has 0 aliphatic rings. The quantitative estimate of drug-likeness (QED) is 0.194. The molecular weight excluding hydrogens is 617 g/mol. The van der Waals surface area contributed by atoms with Crippen LogP contribution >= 0.6 is 23.2 Å². The Morgan fingerprint density at radius 1 is 0.773 bits per heavy atom. The van der Waals surface area contributed by atoms with E-state index in [0.29, 0.717) is 21.3 Å². The molecule has 0 saturated heterocycles. The number of amides is 2. The predicted molar refractivity (Wildman–Crippen MR) is 176 cm³/mol. The molecule has 4 aromatic rings. The Kier molecular flexibility index (Phi) is 10.7. The van der Waals surface area contributed by atoms with Gasteiger partial charge in [-0.2, -0.15) is 0 Å². The van der Waals surface area contributed by atoms with E-state index in [1.54, 1.807) is 48.5 Å². The van der Waals surface area contributed by atoms with Crippen molar-refractivity contribution >= 4 is 50.7 Å². The average Bonchev–Trinajstić information content (AvgIpc) is 2.98. The van der Waals surface area contributed by atoms with E-state index >= 15 is 0 Å². The maximum absolute atomic E-state index is 14.4. The summed E-state index contributed by atoms with van der Waals surface area (Å²) in [5.41, 5.74) is 1.26. The van der Waals surface area contributed by atoms with E-state index in [2.05, 4.69) is 5.32 Å². The van der Waals surface area contributed by atoms with Crippen LogP contribution in [0.2, 0.25) is 10.0 Å². The highest BCUT2D eigenvalue weighted by Crippen LogP contribution is 2.26. The van der Waals surface area contributed by atoms with Gasteiger partial charge in [0.25, 0.3) is 10.0 Å². The number of carbonyl (C=O) groups excluding carboxylic acids is 2. The summed E-state index contributed by atoms with van der Waals surface area (Å²) in [5, 5.41) is 3.87. The van der Waals surface area contributed by atoms with Crippen molar-refractivity contribution in [1.82, 2.24) is 10.2 Å². The van der Waals surface area contributed by atoms with Gasteiger partial charge in [0.2, 0.25) is 11.8 Å². The zero-order valence-electron chi connectivity index (χ0n) is 24.8. The molecule has 0 fully saturated rings. The summed E-state index contributed by atoms with van der Waals surface area (Å²) in [5.74, 6) is -0.917. The van der Waals surface area contributed by atoms with Crippen LogP contribution in [0.5, 0.6) is 0 Å². The second-order valence-corrected chi connectivity index (χ2v) is 14.1. The van der Waals surface area contributed by atoms with E-state index < -0.39 is 34.1 Å².